The van der Waals surface area contributed by atoms with Crippen LogP contribution in [-0.2, 0) is 0 Å². The Balaban J connectivity index is 2.24. The van der Waals surface area contributed by atoms with Crippen LogP contribution in [0.25, 0.3) is 6.08 Å². The number of hydrogen-bond donors (Lipinski definition) is 0. The van der Waals surface area contributed by atoms with Crippen LogP contribution in [0.3, 0.4) is 0 Å². The second kappa shape index (κ2) is 8.78. The Labute approximate surface area is 147 Å². The van der Waals surface area contributed by atoms with Crippen LogP contribution in [0.5, 0.6) is 23.0 Å². The Morgan fingerprint density at radius 2 is 1.60 bits per heavy atom. The van der Waals surface area contributed by atoms with E-state index in [1.165, 1.54) is 6.08 Å². The molecule has 0 aromatic heterocycles. The van der Waals surface area contributed by atoms with Crippen LogP contribution in [-0.4, -0.2) is 33.7 Å². The molecule has 25 heavy (non-hydrogen) atoms. The highest BCUT2D eigenvalue weighted by atomic mass is 16.5. The van der Waals surface area contributed by atoms with Crippen molar-refractivity contribution in [3.63, 3.8) is 0 Å². The van der Waals surface area contributed by atoms with E-state index >= 15 is 0 Å². The Hall–Kier alpha value is -2.95. The summed E-state index contributed by atoms with van der Waals surface area (Å²) in [6.07, 6.45) is 3.19. The van der Waals surface area contributed by atoms with Crippen LogP contribution in [0.15, 0.2) is 42.5 Å². The van der Waals surface area contributed by atoms with E-state index in [9.17, 15) is 4.79 Å². The Morgan fingerprint density at radius 3 is 2.16 bits per heavy atom. The highest BCUT2D eigenvalue weighted by molar-refractivity contribution is 6.07. The number of ether oxygens (including phenoxy) is 4. The first-order valence-electron chi connectivity index (χ1n) is 7.88. The lowest BCUT2D eigenvalue weighted by atomic mass is 10.1. The lowest BCUT2D eigenvalue weighted by Crippen LogP contribution is -1.98. The van der Waals surface area contributed by atoms with Gasteiger partial charge in [-0.15, -0.1) is 0 Å². The first-order valence-corrected chi connectivity index (χ1v) is 7.88. The van der Waals surface area contributed by atoms with E-state index in [4.69, 9.17) is 18.9 Å². The van der Waals surface area contributed by atoms with Gasteiger partial charge >= 0.3 is 0 Å². The summed E-state index contributed by atoms with van der Waals surface area (Å²) in [5.41, 5.74) is 1.30. The van der Waals surface area contributed by atoms with Gasteiger partial charge in [-0.2, -0.15) is 0 Å². The molecule has 0 heterocycles. The van der Waals surface area contributed by atoms with Crippen molar-refractivity contribution in [3.05, 3.63) is 53.6 Å². The molecule has 0 spiro atoms. The smallest absolute Gasteiger partial charge is 0.203 e. The fourth-order valence-corrected chi connectivity index (χ4v) is 2.40. The molecular formula is C20H22O5. The zero-order valence-electron chi connectivity index (χ0n) is 14.9. The summed E-state index contributed by atoms with van der Waals surface area (Å²) in [5, 5.41) is 0. The number of carbonyl (C=O) groups is 1. The normalized spacial score (nSPS) is 10.6. The van der Waals surface area contributed by atoms with Gasteiger partial charge in [0.05, 0.1) is 27.9 Å². The molecule has 0 saturated heterocycles. The van der Waals surface area contributed by atoms with E-state index in [-0.39, 0.29) is 5.78 Å². The molecule has 2 aromatic carbocycles. The third kappa shape index (κ3) is 4.32. The number of carbonyl (C=O) groups excluding carboxylic acids is 1. The zero-order chi connectivity index (χ0) is 18.2. The van der Waals surface area contributed by atoms with Gasteiger partial charge in [-0.25, -0.2) is 0 Å². The molecule has 5 nitrogen and oxygen atoms in total. The summed E-state index contributed by atoms with van der Waals surface area (Å²) in [7, 11) is 4.64. The van der Waals surface area contributed by atoms with E-state index in [2.05, 4.69) is 0 Å². The average Bonchev–Trinajstić information content (AvgIpc) is 2.65. The van der Waals surface area contributed by atoms with Crippen LogP contribution in [0.4, 0.5) is 0 Å². The average molecular weight is 342 g/mol. The number of allylic oxidation sites excluding steroid dienone is 1. The fraction of sp³-hybridized carbons (Fsp3) is 0.250. The maximum absolute atomic E-state index is 12.3. The number of ketones is 1. The SMILES string of the molecule is CCOc1ccc(C(=O)C=Cc2ccc(OC)c(OC)c2OC)cc1. The molecule has 0 radical (unpaired) electrons. The molecule has 0 atom stereocenters. The third-order valence-electron chi connectivity index (χ3n) is 3.60. The topological polar surface area (TPSA) is 54.0 Å². The molecule has 0 aliphatic carbocycles. The highest BCUT2D eigenvalue weighted by Gasteiger charge is 2.14. The Morgan fingerprint density at radius 1 is 0.920 bits per heavy atom. The van der Waals surface area contributed by atoms with Crippen molar-refractivity contribution in [2.75, 3.05) is 27.9 Å². The van der Waals surface area contributed by atoms with Crippen molar-refractivity contribution >= 4 is 11.9 Å². The summed E-state index contributed by atoms with van der Waals surface area (Å²) in [6.45, 7) is 2.50. The van der Waals surface area contributed by atoms with E-state index in [0.29, 0.717) is 29.4 Å². The van der Waals surface area contributed by atoms with Crippen molar-refractivity contribution in [1.29, 1.82) is 0 Å². The van der Waals surface area contributed by atoms with Gasteiger partial charge in [0, 0.05) is 11.1 Å². The quantitative estimate of drug-likeness (QED) is 0.536. The van der Waals surface area contributed by atoms with Gasteiger partial charge in [0.2, 0.25) is 5.75 Å². The van der Waals surface area contributed by atoms with E-state index < -0.39 is 0 Å². The first kappa shape index (κ1) is 18.4. The van der Waals surface area contributed by atoms with Crippen LogP contribution < -0.4 is 18.9 Å². The van der Waals surface area contributed by atoms with Crippen molar-refractivity contribution in [1.82, 2.24) is 0 Å². The molecule has 0 aliphatic rings. The molecule has 2 aromatic rings. The van der Waals surface area contributed by atoms with Crippen molar-refractivity contribution in [2.24, 2.45) is 0 Å². The number of rotatable bonds is 8. The van der Waals surface area contributed by atoms with Crippen LogP contribution in [0, 0.1) is 0 Å². The van der Waals surface area contributed by atoms with Gasteiger partial charge in [0.15, 0.2) is 17.3 Å². The Bertz CT molecular complexity index is 747. The number of hydrogen-bond acceptors (Lipinski definition) is 5. The van der Waals surface area contributed by atoms with Crippen LogP contribution in [0.1, 0.15) is 22.8 Å². The molecule has 0 saturated carbocycles. The first-order chi connectivity index (χ1) is 12.1. The highest BCUT2D eigenvalue weighted by Crippen LogP contribution is 2.40. The van der Waals surface area contributed by atoms with Crippen molar-refractivity contribution in [2.45, 2.75) is 6.92 Å². The third-order valence-corrected chi connectivity index (χ3v) is 3.60. The fourth-order valence-electron chi connectivity index (χ4n) is 2.40. The standard InChI is InChI=1S/C20H22O5/c1-5-25-16-10-6-14(7-11-16)17(21)12-8-15-9-13-18(22-2)20(24-4)19(15)23-3/h6-13H,5H2,1-4H3. The molecule has 0 aliphatic heterocycles. The summed E-state index contributed by atoms with van der Waals surface area (Å²) in [5.74, 6) is 2.19. The number of methoxy groups -OCH3 is 3. The lowest BCUT2D eigenvalue weighted by Gasteiger charge is -2.13. The molecule has 0 fully saturated rings. The van der Waals surface area contributed by atoms with E-state index in [1.54, 1.807) is 57.7 Å². The van der Waals surface area contributed by atoms with Gasteiger partial charge in [0.25, 0.3) is 0 Å². The predicted octanol–water partition coefficient (Wildman–Crippen LogP) is 4.01. The molecule has 0 unspecified atom stereocenters. The van der Waals surface area contributed by atoms with Gasteiger partial charge in [-0.3, -0.25) is 4.79 Å². The predicted molar refractivity (Wildman–Crippen MR) is 97.1 cm³/mol. The second-order valence-electron chi connectivity index (χ2n) is 5.08. The minimum Gasteiger partial charge on any atom is -0.494 e. The van der Waals surface area contributed by atoms with Crippen LogP contribution >= 0.6 is 0 Å². The largest absolute Gasteiger partial charge is 0.494 e. The summed E-state index contributed by atoms with van der Waals surface area (Å²) >= 11 is 0. The minimum absolute atomic E-state index is 0.111. The summed E-state index contributed by atoms with van der Waals surface area (Å²) in [4.78, 5) is 12.3. The van der Waals surface area contributed by atoms with Crippen molar-refractivity contribution in [3.8, 4) is 23.0 Å². The molecule has 0 bridgehead atoms. The summed E-state index contributed by atoms with van der Waals surface area (Å²) < 4.78 is 21.4. The van der Waals surface area contributed by atoms with E-state index in [1.807, 2.05) is 13.0 Å². The minimum atomic E-state index is -0.111. The molecular weight excluding hydrogens is 320 g/mol. The number of benzene rings is 2. The van der Waals surface area contributed by atoms with Gasteiger partial charge in [-0.05, 0) is 55.5 Å². The lowest BCUT2D eigenvalue weighted by molar-refractivity contribution is 0.104. The molecule has 132 valence electrons. The van der Waals surface area contributed by atoms with Gasteiger partial charge in [0.1, 0.15) is 5.75 Å². The maximum atomic E-state index is 12.3. The molecule has 2 rings (SSSR count). The second-order valence-corrected chi connectivity index (χ2v) is 5.08. The van der Waals surface area contributed by atoms with Crippen LogP contribution in [0.2, 0.25) is 0 Å². The molecule has 5 heteroatoms. The molecule has 0 amide bonds. The van der Waals surface area contributed by atoms with Gasteiger partial charge in [-0.1, -0.05) is 0 Å². The Kier molecular flexibility index (Phi) is 6.46. The van der Waals surface area contributed by atoms with Gasteiger partial charge < -0.3 is 18.9 Å². The summed E-state index contributed by atoms with van der Waals surface area (Å²) in [6, 6.07) is 10.6. The van der Waals surface area contributed by atoms with E-state index in [0.717, 1.165) is 11.3 Å². The van der Waals surface area contributed by atoms with Crippen molar-refractivity contribution < 1.29 is 23.7 Å². The maximum Gasteiger partial charge on any atom is 0.203 e. The zero-order valence-corrected chi connectivity index (χ0v) is 14.9. The molecule has 0 N–H and O–H groups in total. The monoisotopic (exact) mass is 342 g/mol.